The molecule has 0 aromatic heterocycles. The Morgan fingerprint density at radius 1 is 1.07 bits per heavy atom. The summed E-state index contributed by atoms with van der Waals surface area (Å²) in [6.07, 6.45) is 13.8. The van der Waals surface area contributed by atoms with Gasteiger partial charge in [0.05, 0.1) is 0 Å². The summed E-state index contributed by atoms with van der Waals surface area (Å²) in [5, 5.41) is 0. The van der Waals surface area contributed by atoms with Crippen molar-refractivity contribution in [2.24, 2.45) is 0 Å². The number of alkyl halides is 1. The Balaban J connectivity index is 3.15. The summed E-state index contributed by atoms with van der Waals surface area (Å²) in [6.45, 7) is 2.18. The fraction of sp³-hybridized carbons (Fsp3) is 0.714. The molecule has 0 fully saturated rings. The van der Waals surface area contributed by atoms with Crippen molar-refractivity contribution in [3.63, 3.8) is 0 Å². The molecule has 0 saturated heterocycles. The van der Waals surface area contributed by atoms with Crippen LogP contribution in [0, 0.1) is 11.8 Å². The average molecular weight is 227 g/mol. The minimum absolute atomic E-state index is 0.808. The molecule has 0 rings (SSSR count). The Labute approximate surface area is 100 Å². The molecule has 0 radical (unpaired) electrons. The zero-order chi connectivity index (χ0) is 11.2. The molecule has 0 atom stereocenters. The van der Waals surface area contributed by atoms with Crippen LogP contribution in [-0.2, 0) is 0 Å². The fourth-order valence-electron chi connectivity index (χ4n) is 1.28. The summed E-state index contributed by atoms with van der Waals surface area (Å²) in [6, 6.07) is 0. The van der Waals surface area contributed by atoms with Crippen molar-refractivity contribution >= 4 is 11.6 Å². The minimum atomic E-state index is 0.808. The normalized spacial score (nSPS) is 10.3. The monoisotopic (exact) mass is 226 g/mol. The van der Waals surface area contributed by atoms with Crippen molar-refractivity contribution in [1.29, 1.82) is 0 Å². The summed E-state index contributed by atoms with van der Waals surface area (Å²) in [5.74, 6) is 7.05. The number of halogens is 1. The second-order valence-corrected chi connectivity index (χ2v) is 4.10. The minimum Gasteiger partial charge on any atom is -0.127 e. The molecule has 0 aliphatic heterocycles. The van der Waals surface area contributed by atoms with Gasteiger partial charge in [-0.15, -0.1) is 11.6 Å². The molecule has 0 N–H and O–H groups in total. The molecule has 0 aliphatic rings. The van der Waals surface area contributed by atoms with Crippen LogP contribution < -0.4 is 0 Å². The zero-order valence-corrected chi connectivity index (χ0v) is 10.7. The molecule has 0 aromatic rings. The molecule has 0 aromatic carbocycles. The molecule has 0 spiro atoms. The SMILES string of the molecule is CCCC=CC#CCCCCCCCCl. The highest BCUT2D eigenvalue weighted by molar-refractivity contribution is 6.17. The summed E-state index contributed by atoms with van der Waals surface area (Å²) in [5.41, 5.74) is 0. The van der Waals surface area contributed by atoms with Gasteiger partial charge in [0.2, 0.25) is 0 Å². The van der Waals surface area contributed by atoms with Crippen molar-refractivity contribution < 1.29 is 0 Å². The first-order chi connectivity index (χ1) is 7.41. The van der Waals surface area contributed by atoms with E-state index in [9.17, 15) is 0 Å². The van der Waals surface area contributed by atoms with Crippen LogP contribution in [0.1, 0.15) is 58.3 Å². The first-order valence-electron chi connectivity index (χ1n) is 6.11. The molecule has 0 bridgehead atoms. The number of unbranched alkanes of at least 4 members (excludes halogenated alkanes) is 6. The fourth-order valence-corrected chi connectivity index (χ4v) is 1.47. The zero-order valence-electron chi connectivity index (χ0n) is 9.90. The van der Waals surface area contributed by atoms with Gasteiger partial charge in [-0.1, -0.05) is 50.5 Å². The Kier molecular flexibility index (Phi) is 13.2. The van der Waals surface area contributed by atoms with Gasteiger partial charge >= 0.3 is 0 Å². The van der Waals surface area contributed by atoms with E-state index >= 15 is 0 Å². The molecule has 15 heavy (non-hydrogen) atoms. The molecule has 0 amide bonds. The van der Waals surface area contributed by atoms with Crippen LogP contribution in [0.3, 0.4) is 0 Å². The van der Waals surface area contributed by atoms with E-state index in [4.69, 9.17) is 11.6 Å². The van der Waals surface area contributed by atoms with Crippen LogP contribution in [-0.4, -0.2) is 5.88 Å². The van der Waals surface area contributed by atoms with Gasteiger partial charge < -0.3 is 0 Å². The summed E-state index contributed by atoms with van der Waals surface area (Å²) in [7, 11) is 0. The predicted octanol–water partition coefficient (Wildman–Crippen LogP) is 4.93. The lowest BCUT2D eigenvalue weighted by molar-refractivity contribution is 0.643. The van der Waals surface area contributed by atoms with Crippen molar-refractivity contribution in [3.05, 3.63) is 12.2 Å². The van der Waals surface area contributed by atoms with E-state index in [1.54, 1.807) is 0 Å². The molecule has 86 valence electrons. The maximum absolute atomic E-state index is 5.59. The smallest absolute Gasteiger partial charge is 0.0223 e. The second kappa shape index (κ2) is 13.6. The highest BCUT2D eigenvalue weighted by Crippen LogP contribution is 2.05. The van der Waals surface area contributed by atoms with Crippen LogP contribution in [0.5, 0.6) is 0 Å². The van der Waals surface area contributed by atoms with Gasteiger partial charge in [0, 0.05) is 12.3 Å². The molecular weight excluding hydrogens is 204 g/mol. The Morgan fingerprint density at radius 2 is 1.80 bits per heavy atom. The van der Waals surface area contributed by atoms with E-state index in [-0.39, 0.29) is 0 Å². The van der Waals surface area contributed by atoms with Gasteiger partial charge in [-0.2, -0.15) is 0 Å². The Morgan fingerprint density at radius 3 is 2.53 bits per heavy atom. The van der Waals surface area contributed by atoms with Crippen LogP contribution in [0.2, 0.25) is 0 Å². The highest BCUT2D eigenvalue weighted by Gasteiger charge is 1.87. The third kappa shape index (κ3) is 13.6. The van der Waals surface area contributed by atoms with Gasteiger partial charge in [-0.25, -0.2) is 0 Å². The third-order valence-corrected chi connectivity index (χ3v) is 2.46. The molecule has 0 nitrogen and oxygen atoms in total. The van der Waals surface area contributed by atoms with Crippen LogP contribution in [0.4, 0.5) is 0 Å². The van der Waals surface area contributed by atoms with Gasteiger partial charge in [-0.3, -0.25) is 0 Å². The van der Waals surface area contributed by atoms with Crippen molar-refractivity contribution in [1.82, 2.24) is 0 Å². The lowest BCUT2D eigenvalue weighted by Gasteiger charge is -1.95. The number of allylic oxidation sites excluding steroid dienone is 2. The van der Waals surface area contributed by atoms with Gasteiger partial charge in [0.25, 0.3) is 0 Å². The van der Waals surface area contributed by atoms with Crippen molar-refractivity contribution in [2.75, 3.05) is 5.88 Å². The molecule has 0 saturated carbocycles. The average Bonchev–Trinajstić information content (AvgIpc) is 2.26. The lowest BCUT2D eigenvalue weighted by atomic mass is 10.1. The second-order valence-electron chi connectivity index (χ2n) is 3.72. The van der Waals surface area contributed by atoms with E-state index in [1.807, 2.05) is 6.08 Å². The molecule has 0 unspecified atom stereocenters. The largest absolute Gasteiger partial charge is 0.127 e. The number of rotatable bonds is 8. The Hall–Kier alpha value is -0.410. The summed E-state index contributed by atoms with van der Waals surface area (Å²) < 4.78 is 0. The van der Waals surface area contributed by atoms with Gasteiger partial charge in [0.15, 0.2) is 0 Å². The number of hydrogen-bond acceptors (Lipinski definition) is 0. The van der Waals surface area contributed by atoms with Gasteiger partial charge in [-0.05, 0) is 25.3 Å². The van der Waals surface area contributed by atoms with Crippen LogP contribution in [0.25, 0.3) is 0 Å². The molecule has 0 aliphatic carbocycles. The van der Waals surface area contributed by atoms with E-state index in [2.05, 4.69) is 24.8 Å². The predicted molar refractivity (Wildman–Crippen MR) is 70.2 cm³/mol. The highest BCUT2D eigenvalue weighted by atomic mass is 35.5. The van der Waals surface area contributed by atoms with E-state index < -0.39 is 0 Å². The van der Waals surface area contributed by atoms with Crippen molar-refractivity contribution in [3.8, 4) is 11.8 Å². The quantitative estimate of drug-likeness (QED) is 0.313. The molecule has 1 heteroatoms. The molecule has 0 heterocycles. The topological polar surface area (TPSA) is 0 Å². The van der Waals surface area contributed by atoms with E-state index in [0.717, 1.165) is 25.1 Å². The van der Waals surface area contributed by atoms with Gasteiger partial charge in [0.1, 0.15) is 0 Å². The first kappa shape index (κ1) is 14.6. The first-order valence-corrected chi connectivity index (χ1v) is 6.64. The summed E-state index contributed by atoms with van der Waals surface area (Å²) >= 11 is 5.59. The summed E-state index contributed by atoms with van der Waals surface area (Å²) in [4.78, 5) is 0. The Bertz CT molecular complexity index is 195. The van der Waals surface area contributed by atoms with E-state index in [1.165, 1.54) is 32.1 Å². The third-order valence-electron chi connectivity index (χ3n) is 2.19. The standard InChI is InChI=1S/C14H23Cl/c1-2-3-4-5-6-7-8-9-10-11-12-13-14-15/h4-5H,2-3,8-14H2,1H3. The van der Waals surface area contributed by atoms with Crippen LogP contribution >= 0.6 is 11.6 Å². The number of hydrogen-bond donors (Lipinski definition) is 0. The maximum Gasteiger partial charge on any atom is 0.0223 e. The molecular formula is C14H23Cl. The maximum atomic E-state index is 5.59. The van der Waals surface area contributed by atoms with Crippen molar-refractivity contribution in [2.45, 2.75) is 58.3 Å². The lowest BCUT2D eigenvalue weighted by Crippen LogP contribution is -1.79. The van der Waals surface area contributed by atoms with Crippen LogP contribution in [0.15, 0.2) is 12.2 Å². The van der Waals surface area contributed by atoms with E-state index in [0.29, 0.717) is 0 Å².